The van der Waals surface area contributed by atoms with Gasteiger partial charge in [-0.25, -0.2) is 0 Å². The number of hydrogen-bond donors (Lipinski definition) is 1. The molecule has 130 valence electrons. The number of amides is 1. The number of carbonyl (C=O) groups excluding carboxylic acids is 1. The van der Waals surface area contributed by atoms with Gasteiger partial charge in [0.1, 0.15) is 0 Å². The van der Waals surface area contributed by atoms with Crippen LogP contribution in [-0.2, 0) is 16.0 Å². The summed E-state index contributed by atoms with van der Waals surface area (Å²) in [7, 11) is 0. The molecule has 2 aromatic rings. The van der Waals surface area contributed by atoms with Gasteiger partial charge in [0, 0.05) is 35.1 Å². The first-order valence-electron chi connectivity index (χ1n) is 8.01. The normalized spacial score (nSPS) is 11.0. The second-order valence-corrected chi connectivity index (χ2v) is 6.89. The van der Waals surface area contributed by atoms with Crippen LogP contribution in [0.2, 0.25) is 0 Å². The molecule has 2 rings (SSSR count). The molecule has 6 nitrogen and oxygen atoms in total. The van der Waals surface area contributed by atoms with Crippen molar-refractivity contribution in [1.82, 2.24) is 15.5 Å². The Hall–Kier alpha value is -1.48. The van der Waals surface area contributed by atoms with E-state index in [0.717, 1.165) is 15.6 Å². The van der Waals surface area contributed by atoms with Crippen molar-refractivity contribution in [1.29, 1.82) is 0 Å². The Morgan fingerprint density at radius 2 is 2.08 bits per heavy atom. The van der Waals surface area contributed by atoms with Gasteiger partial charge in [-0.2, -0.15) is 4.98 Å². The van der Waals surface area contributed by atoms with Crippen molar-refractivity contribution in [2.75, 3.05) is 13.2 Å². The van der Waals surface area contributed by atoms with Crippen molar-refractivity contribution >= 4 is 28.5 Å². The molecule has 0 spiro atoms. The summed E-state index contributed by atoms with van der Waals surface area (Å²) in [6.07, 6.45) is 1.80. The predicted molar refractivity (Wildman–Crippen MR) is 99.5 cm³/mol. The van der Waals surface area contributed by atoms with Gasteiger partial charge in [-0.1, -0.05) is 17.3 Å². The Bertz CT molecular complexity index is 641. The van der Waals surface area contributed by atoms with Gasteiger partial charge >= 0.3 is 0 Å². The van der Waals surface area contributed by atoms with Crippen LogP contribution in [0.5, 0.6) is 0 Å². The Morgan fingerprint density at radius 1 is 1.33 bits per heavy atom. The highest BCUT2D eigenvalue weighted by Gasteiger charge is 2.10. The largest absolute Gasteiger partial charge is 0.379 e. The van der Waals surface area contributed by atoms with Crippen LogP contribution in [0.25, 0.3) is 11.4 Å². The number of nitrogens with one attached hydrogen (secondary N) is 1. The second-order valence-electron chi connectivity index (χ2n) is 5.64. The number of aromatic nitrogens is 2. The molecule has 0 saturated carbocycles. The third-order valence-electron chi connectivity index (χ3n) is 3.23. The summed E-state index contributed by atoms with van der Waals surface area (Å²) >= 11 is 2.24. The number of nitrogens with zero attached hydrogens (tertiary/aromatic N) is 2. The van der Waals surface area contributed by atoms with Gasteiger partial charge in [0.25, 0.3) is 0 Å². The summed E-state index contributed by atoms with van der Waals surface area (Å²) in [4.78, 5) is 16.1. The van der Waals surface area contributed by atoms with E-state index in [1.54, 1.807) is 0 Å². The fourth-order valence-corrected chi connectivity index (χ4v) is 2.36. The number of ether oxygens (including phenoxy) is 1. The molecule has 0 fully saturated rings. The lowest BCUT2D eigenvalue weighted by Crippen LogP contribution is -2.25. The second kappa shape index (κ2) is 9.73. The van der Waals surface area contributed by atoms with Crippen molar-refractivity contribution in [2.45, 2.75) is 39.2 Å². The van der Waals surface area contributed by atoms with Crippen LogP contribution in [0.1, 0.15) is 32.6 Å². The maximum Gasteiger partial charge on any atom is 0.227 e. The zero-order valence-electron chi connectivity index (χ0n) is 13.9. The van der Waals surface area contributed by atoms with Crippen molar-refractivity contribution < 1.29 is 14.1 Å². The van der Waals surface area contributed by atoms with E-state index in [2.05, 4.69) is 38.0 Å². The SMILES string of the molecule is CC(C)OCCCNC(=O)CCc1nc(-c2ccc(I)cc2)no1. The van der Waals surface area contributed by atoms with E-state index in [-0.39, 0.29) is 12.0 Å². The first kappa shape index (κ1) is 18.9. The molecule has 1 aromatic carbocycles. The average Bonchev–Trinajstić information content (AvgIpc) is 3.02. The van der Waals surface area contributed by atoms with Gasteiger partial charge in [-0.15, -0.1) is 0 Å². The summed E-state index contributed by atoms with van der Waals surface area (Å²) < 4.78 is 11.8. The standard InChI is InChI=1S/C17H22IN3O3/c1-12(2)23-11-3-10-19-15(22)8-9-16-20-17(21-24-16)13-4-6-14(18)7-5-13/h4-7,12H,3,8-11H2,1-2H3,(H,19,22). The third kappa shape index (κ3) is 6.56. The molecule has 0 aliphatic carbocycles. The van der Waals surface area contributed by atoms with Crippen molar-refractivity contribution in [2.24, 2.45) is 0 Å². The lowest BCUT2D eigenvalue weighted by Gasteiger charge is -2.07. The van der Waals surface area contributed by atoms with Crippen molar-refractivity contribution in [3.05, 3.63) is 33.7 Å². The maximum absolute atomic E-state index is 11.8. The Morgan fingerprint density at radius 3 is 2.79 bits per heavy atom. The van der Waals surface area contributed by atoms with Crippen LogP contribution in [-0.4, -0.2) is 35.3 Å². The fourth-order valence-electron chi connectivity index (χ4n) is 2.00. The predicted octanol–water partition coefficient (Wildman–Crippen LogP) is 3.21. The summed E-state index contributed by atoms with van der Waals surface area (Å²) in [6, 6.07) is 7.87. The van der Waals surface area contributed by atoms with E-state index in [1.165, 1.54) is 0 Å². The van der Waals surface area contributed by atoms with Crippen LogP contribution < -0.4 is 5.32 Å². The Balaban J connectivity index is 1.71. The molecule has 0 atom stereocenters. The molecule has 0 bridgehead atoms. The van der Waals surface area contributed by atoms with Gasteiger partial charge < -0.3 is 14.6 Å². The highest BCUT2D eigenvalue weighted by atomic mass is 127. The molecule has 7 heteroatoms. The number of carbonyl (C=O) groups is 1. The number of rotatable bonds is 9. The Kier molecular flexibility index (Phi) is 7.64. The van der Waals surface area contributed by atoms with E-state index >= 15 is 0 Å². The molecule has 0 aliphatic rings. The minimum Gasteiger partial charge on any atom is -0.379 e. The smallest absolute Gasteiger partial charge is 0.227 e. The minimum atomic E-state index is -0.0199. The summed E-state index contributed by atoms with van der Waals surface area (Å²) in [5.74, 6) is 1.00. The molecule has 0 unspecified atom stereocenters. The van der Waals surface area contributed by atoms with E-state index in [0.29, 0.717) is 37.7 Å². The first-order chi connectivity index (χ1) is 11.5. The fraction of sp³-hybridized carbons (Fsp3) is 0.471. The lowest BCUT2D eigenvalue weighted by molar-refractivity contribution is -0.121. The summed E-state index contributed by atoms with van der Waals surface area (Å²) in [5.41, 5.74) is 0.903. The molecule has 1 aromatic heterocycles. The first-order valence-corrected chi connectivity index (χ1v) is 9.09. The molecule has 0 radical (unpaired) electrons. The lowest BCUT2D eigenvalue weighted by atomic mass is 10.2. The topological polar surface area (TPSA) is 77.2 Å². The van der Waals surface area contributed by atoms with E-state index < -0.39 is 0 Å². The number of aryl methyl sites for hydroxylation is 1. The van der Waals surface area contributed by atoms with Crippen LogP contribution >= 0.6 is 22.6 Å². The van der Waals surface area contributed by atoms with Gasteiger partial charge in [0.05, 0.1) is 6.10 Å². The van der Waals surface area contributed by atoms with E-state index in [1.807, 2.05) is 38.1 Å². The molecule has 24 heavy (non-hydrogen) atoms. The van der Waals surface area contributed by atoms with Gasteiger partial charge in [0.2, 0.25) is 17.6 Å². The van der Waals surface area contributed by atoms with Gasteiger partial charge in [-0.05, 0) is 55.0 Å². The monoisotopic (exact) mass is 443 g/mol. The zero-order chi connectivity index (χ0) is 17.4. The molecule has 1 heterocycles. The summed E-state index contributed by atoms with van der Waals surface area (Å²) in [6.45, 7) is 5.26. The molecular formula is C17H22IN3O3. The number of hydrogen-bond acceptors (Lipinski definition) is 5. The quantitative estimate of drug-likeness (QED) is 0.476. The molecule has 0 aliphatic heterocycles. The third-order valence-corrected chi connectivity index (χ3v) is 3.95. The van der Waals surface area contributed by atoms with E-state index in [4.69, 9.17) is 9.26 Å². The van der Waals surface area contributed by atoms with Gasteiger partial charge in [0.15, 0.2) is 0 Å². The number of benzene rings is 1. The molecule has 1 N–H and O–H groups in total. The highest BCUT2D eigenvalue weighted by molar-refractivity contribution is 14.1. The Labute approximate surface area is 155 Å². The van der Waals surface area contributed by atoms with E-state index in [9.17, 15) is 4.79 Å². The highest BCUT2D eigenvalue weighted by Crippen LogP contribution is 2.17. The van der Waals surface area contributed by atoms with Crippen LogP contribution in [0.3, 0.4) is 0 Å². The average molecular weight is 443 g/mol. The van der Waals surface area contributed by atoms with Crippen LogP contribution in [0.4, 0.5) is 0 Å². The molecule has 1 amide bonds. The molecular weight excluding hydrogens is 421 g/mol. The van der Waals surface area contributed by atoms with Crippen LogP contribution in [0, 0.1) is 3.57 Å². The van der Waals surface area contributed by atoms with Crippen molar-refractivity contribution in [3.8, 4) is 11.4 Å². The number of halogens is 1. The van der Waals surface area contributed by atoms with Crippen LogP contribution in [0.15, 0.2) is 28.8 Å². The maximum atomic E-state index is 11.8. The zero-order valence-corrected chi connectivity index (χ0v) is 16.1. The van der Waals surface area contributed by atoms with Gasteiger partial charge in [-0.3, -0.25) is 4.79 Å². The minimum absolute atomic E-state index is 0.0199. The summed E-state index contributed by atoms with van der Waals surface area (Å²) in [5, 5.41) is 6.82. The molecule has 0 saturated heterocycles. The van der Waals surface area contributed by atoms with Crippen molar-refractivity contribution in [3.63, 3.8) is 0 Å².